The lowest BCUT2D eigenvalue weighted by Crippen LogP contribution is -2.34. The predicted molar refractivity (Wildman–Crippen MR) is 81.6 cm³/mol. The number of hydrogen-bond acceptors (Lipinski definition) is 3. The normalized spacial score (nSPS) is 21.2. The third-order valence-electron chi connectivity index (χ3n) is 4.35. The predicted octanol–water partition coefficient (Wildman–Crippen LogP) is 2.55. The monoisotopic (exact) mass is 274 g/mol. The van der Waals surface area contributed by atoms with E-state index in [1.54, 1.807) is 0 Å². The van der Waals surface area contributed by atoms with Crippen molar-refractivity contribution in [1.82, 2.24) is 10.2 Å². The lowest BCUT2D eigenvalue weighted by atomic mass is 10.1. The molecule has 0 bridgehead atoms. The van der Waals surface area contributed by atoms with Crippen LogP contribution in [0.1, 0.15) is 36.8 Å². The highest BCUT2D eigenvalue weighted by atomic mass is 16.5. The summed E-state index contributed by atoms with van der Waals surface area (Å²) in [6, 6.07) is 9.64. The average molecular weight is 274 g/mol. The molecule has 1 N–H and O–H groups in total. The van der Waals surface area contributed by atoms with Gasteiger partial charge in [0, 0.05) is 25.7 Å². The molecule has 20 heavy (non-hydrogen) atoms. The summed E-state index contributed by atoms with van der Waals surface area (Å²) in [5.41, 5.74) is 2.67. The van der Waals surface area contributed by atoms with Crippen LogP contribution >= 0.6 is 0 Å². The van der Waals surface area contributed by atoms with Gasteiger partial charge in [-0.05, 0) is 43.9 Å². The van der Waals surface area contributed by atoms with Gasteiger partial charge in [-0.15, -0.1) is 0 Å². The molecule has 0 spiro atoms. The maximum absolute atomic E-state index is 6.02. The van der Waals surface area contributed by atoms with Gasteiger partial charge < -0.3 is 15.0 Å². The standard InChI is InChI=1S/C17H26N2O/c1-19-10-8-17(9-11-19)20-13-15-4-2-14(3-5-15)12-18-16-6-7-16/h2-5,16-18H,6-13H2,1H3. The van der Waals surface area contributed by atoms with E-state index in [2.05, 4.69) is 41.5 Å². The Morgan fingerprint density at radius 1 is 1.05 bits per heavy atom. The molecule has 0 amide bonds. The minimum Gasteiger partial charge on any atom is -0.373 e. The van der Waals surface area contributed by atoms with Gasteiger partial charge in [0.1, 0.15) is 0 Å². The van der Waals surface area contributed by atoms with E-state index >= 15 is 0 Å². The molecule has 0 unspecified atom stereocenters. The lowest BCUT2D eigenvalue weighted by Gasteiger charge is -2.28. The quantitative estimate of drug-likeness (QED) is 0.863. The molecule has 1 saturated heterocycles. The summed E-state index contributed by atoms with van der Waals surface area (Å²) in [6.45, 7) is 4.08. The second kappa shape index (κ2) is 6.70. The van der Waals surface area contributed by atoms with Gasteiger partial charge in [-0.3, -0.25) is 0 Å². The Kier molecular flexibility index (Phi) is 4.71. The van der Waals surface area contributed by atoms with E-state index in [0.29, 0.717) is 6.10 Å². The first kappa shape index (κ1) is 14.1. The van der Waals surface area contributed by atoms with Gasteiger partial charge in [0.15, 0.2) is 0 Å². The maximum atomic E-state index is 6.02. The molecule has 1 aromatic carbocycles. The fraction of sp³-hybridized carbons (Fsp3) is 0.647. The number of piperidine rings is 1. The SMILES string of the molecule is CN1CCC(OCc2ccc(CNC3CC3)cc2)CC1. The highest BCUT2D eigenvalue weighted by Gasteiger charge is 2.20. The summed E-state index contributed by atoms with van der Waals surface area (Å²) in [5, 5.41) is 3.54. The molecule has 0 aromatic heterocycles. The minimum atomic E-state index is 0.447. The second-order valence-electron chi connectivity index (χ2n) is 6.29. The molecule has 2 fully saturated rings. The zero-order chi connectivity index (χ0) is 13.8. The molecule has 3 nitrogen and oxygen atoms in total. The Balaban J connectivity index is 1.40. The molecule has 3 heteroatoms. The van der Waals surface area contributed by atoms with Crippen LogP contribution in [0.4, 0.5) is 0 Å². The lowest BCUT2D eigenvalue weighted by molar-refractivity contribution is 0.00213. The molecule has 1 heterocycles. The highest BCUT2D eigenvalue weighted by Crippen LogP contribution is 2.19. The van der Waals surface area contributed by atoms with Gasteiger partial charge in [0.05, 0.1) is 12.7 Å². The van der Waals surface area contributed by atoms with E-state index in [-0.39, 0.29) is 0 Å². The largest absolute Gasteiger partial charge is 0.373 e. The van der Waals surface area contributed by atoms with Crippen LogP contribution in [0.2, 0.25) is 0 Å². The smallest absolute Gasteiger partial charge is 0.0720 e. The highest BCUT2D eigenvalue weighted by molar-refractivity contribution is 5.22. The number of hydrogen-bond donors (Lipinski definition) is 1. The Bertz CT molecular complexity index is 406. The van der Waals surface area contributed by atoms with E-state index in [4.69, 9.17) is 4.74 Å². The summed E-state index contributed by atoms with van der Waals surface area (Å²) in [7, 11) is 2.19. The van der Waals surface area contributed by atoms with Crippen molar-refractivity contribution in [3.8, 4) is 0 Å². The summed E-state index contributed by atoms with van der Waals surface area (Å²) < 4.78 is 6.02. The van der Waals surface area contributed by atoms with Gasteiger partial charge >= 0.3 is 0 Å². The van der Waals surface area contributed by atoms with E-state index in [9.17, 15) is 0 Å². The summed E-state index contributed by atoms with van der Waals surface area (Å²) in [5.74, 6) is 0. The molecule has 1 aromatic rings. The third-order valence-corrected chi connectivity index (χ3v) is 4.35. The Morgan fingerprint density at radius 2 is 1.70 bits per heavy atom. The molecule has 110 valence electrons. The van der Waals surface area contributed by atoms with Crippen molar-refractivity contribution < 1.29 is 4.74 Å². The fourth-order valence-electron chi connectivity index (χ4n) is 2.67. The van der Waals surface area contributed by atoms with Gasteiger partial charge in [-0.2, -0.15) is 0 Å². The molecule has 0 radical (unpaired) electrons. The molecular weight excluding hydrogens is 248 g/mol. The number of benzene rings is 1. The van der Waals surface area contributed by atoms with E-state index < -0.39 is 0 Å². The van der Waals surface area contributed by atoms with Crippen molar-refractivity contribution in [2.75, 3.05) is 20.1 Å². The number of rotatable bonds is 6. The van der Waals surface area contributed by atoms with Crippen LogP contribution in [0.5, 0.6) is 0 Å². The van der Waals surface area contributed by atoms with Crippen LogP contribution in [0.25, 0.3) is 0 Å². The number of nitrogens with zero attached hydrogens (tertiary/aromatic N) is 1. The topological polar surface area (TPSA) is 24.5 Å². The summed E-state index contributed by atoms with van der Waals surface area (Å²) in [4.78, 5) is 2.38. The van der Waals surface area contributed by atoms with Crippen molar-refractivity contribution in [1.29, 1.82) is 0 Å². The fourth-order valence-corrected chi connectivity index (χ4v) is 2.67. The van der Waals surface area contributed by atoms with E-state index in [1.165, 1.54) is 36.8 Å². The van der Waals surface area contributed by atoms with E-state index in [1.807, 2.05) is 0 Å². The maximum Gasteiger partial charge on any atom is 0.0720 e. The second-order valence-corrected chi connectivity index (χ2v) is 6.29. The molecule has 1 aliphatic heterocycles. The zero-order valence-corrected chi connectivity index (χ0v) is 12.5. The van der Waals surface area contributed by atoms with Crippen molar-refractivity contribution in [2.24, 2.45) is 0 Å². The van der Waals surface area contributed by atoms with Crippen LogP contribution in [0, 0.1) is 0 Å². The van der Waals surface area contributed by atoms with E-state index in [0.717, 1.165) is 32.3 Å². The summed E-state index contributed by atoms with van der Waals surface area (Å²) >= 11 is 0. The van der Waals surface area contributed by atoms with Crippen molar-refractivity contribution in [3.05, 3.63) is 35.4 Å². The van der Waals surface area contributed by atoms with Gasteiger partial charge in [-0.1, -0.05) is 24.3 Å². The van der Waals surface area contributed by atoms with Gasteiger partial charge in [0.25, 0.3) is 0 Å². The first-order valence-electron chi connectivity index (χ1n) is 7.91. The first-order chi connectivity index (χ1) is 9.79. The summed E-state index contributed by atoms with van der Waals surface area (Å²) in [6.07, 6.45) is 5.48. The number of nitrogens with one attached hydrogen (secondary N) is 1. The molecule has 2 aliphatic rings. The Labute approximate surface area is 122 Å². The minimum absolute atomic E-state index is 0.447. The average Bonchev–Trinajstić information content (AvgIpc) is 3.30. The third kappa shape index (κ3) is 4.30. The molecule has 1 aliphatic carbocycles. The Hall–Kier alpha value is -0.900. The van der Waals surface area contributed by atoms with Crippen LogP contribution in [0.3, 0.4) is 0 Å². The first-order valence-corrected chi connectivity index (χ1v) is 7.91. The van der Waals surface area contributed by atoms with Gasteiger partial charge in [0.2, 0.25) is 0 Å². The number of likely N-dealkylation sites (tertiary alicyclic amines) is 1. The van der Waals surface area contributed by atoms with Gasteiger partial charge in [-0.25, -0.2) is 0 Å². The zero-order valence-electron chi connectivity index (χ0n) is 12.5. The van der Waals surface area contributed by atoms with Crippen LogP contribution in [-0.4, -0.2) is 37.2 Å². The Morgan fingerprint density at radius 3 is 2.35 bits per heavy atom. The van der Waals surface area contributed by atoms with Crippen molar-refractivity contribution in [2.45, 2.75) is 51.0 Å². The van der Waals surface area contributed by atoms with Crippen molar-refractivity contribution in [3.63, 3.8) is 0 Å². The molecule has 3 rings (SSSR count). The van der Waals surface area contributed by atoms with Crippen LogP contribution in [0.15, 0.2) is 24.3 Å². The van der Waals surface area contributed by atoms with Crippen LogP contribution < -0.4 is 5.32 Å². The molecule has 0 atom stereocenters. The molecule has 1 saturated carbocycles. The van der Waals surface area contributed by atoms with Crippen molar-refractivity contribution >= 4 is 0 Å². The number of ether oxygens (including phenoxy) is 1. The van der Waals surface area contributed by atoms with Crippen LogP contribution in [-0.2, 0) is 17.9 Å². The molecular formula is C17H26N2O.